The lowest BCUT2D eigenvalue weighted by molar-refractivity contribution is -0.197. The molecule has 11 nitrogen and oxygen atoms in total. The SMILES string of the molecule is C[C@@H]1CN(c2cc(F)c(C3=CCN(c4ncc(CN5CCOCC5)cn4)CC3)cc2NC(=O)C2CNC(=O)CC2C(F)(F)F)C[C@H](C)N1C. The minimum Gasteiger partial charge on any atom is -0.379 e. The zero-order valence-corrected chi connectivity index (χ0v) is 28.1. The van der Waals surface area contributed by atoms with Gasteiger partial charge in [-0.2, -0.15) is 13.2 Å². The Bertz CT molecular complexity index is 1540. The predicted molar refractivity (Wildman–Crippen MR) is 178 cm³/mol. The normalized spacial score (nSPS) is 25.9. The summed E-state index contributed by atoms with van der Waals surface area (Å²) in [6, 6.07) is 3.14. The first-order valence-electron chi connectivity index (χ1n) is 16.9. The van der Waals surface area contributed by atoms with E-state index in [0.717, 1.165) is 30.8 Å². The number of morpholine rings is 1. The molecule has 0 aliphatic carbocycles. The van der Waals surface area contributed by atoms with Crippen LogP contribution in [0, 0.1) is 17.7 Å². The van der Waals surface area contributed by atoms with Gasteiger partial charge in [0, 0.05) is 94.4 Å². The molecule has 49 heavy (non-hydrogen) atoms. The summed E-state index contributed by atoms with van der Waals surface area (Å²) < 4.78 is 63.2. The molecule has 3 fully saturated rings. The Morgan fingerprint density at radius 3 is 2.39 bits per heavy atom. The first-order chi connectivity index (χ1) is 23.4. The van der Waals surface area contributed by atoms with E-state index in [4.69, 9.17) is 4.74 Å². The molecule has 4 aliphatic heterocycles. The third-order valence-electron chi connectivity index (χ3n) is 10.3. The van der Waals surface area contributed by atoms with Crippen molar-refractivity contribution >= 4 is 34.7 Å². The van der Waals surface area contributed by atoms with Crippen molar-refractivity contribution in [1.29, 1.82) is 0 Å². The molecule has 2 aromatic rings. The number of nitrogens with one attached hydrogen (secondary N) is 2. The monoisotopic (exact) mass is 688 g/mol. The number of rotatable bonds is 7. The largest absolute Gasteiger partial charge is 0.393 e. The lowest BCUT2D eigenvalue weighted by Gasteiger charge is -2.44. The fourth-order valence-corrected chi connectivity index (χ4v) is 7.10. The molecule has 0 radical (unpaired) electrons. The number of amides is 2. The number of carbonyl (C=O) groups excluding carboxylic acids is 2. The third kappa shape index (κ3) is 7.99. The van der Waals surface area contributed by atoms with Gasteiger partial charge in [0.1, 0.15) is 5.82 Å². The lowest BCUT2D eigenvalue weighted by Crippen LogP contribution is -2.55. The molecule has 2 unspecified atom stereocenters. The minimum atomic E-state index is -4.73. The Morgan fingerprint density at radius 2 is 1.76 bits per heavy atom. The summed E-state index contributed by atoms with van der Waals surface area (Å²) in [5.74, 6) is -5.16. The smallest absolute Gasteiger partial charge is 0.379 e. The van der Waals surface area contributed by atoms with Crippen molar-refractivity contribution in [2.75, 3.05) is 81.2 Å². The van der Waals surface area contributed by atoms with Gasteiger partial charge in [0.2, 0.25) is 17.8 Å². The van der Waals surface area contributed by atoms with E-state index in [0.29, 0.717) is 57.4 Å². The molecule has 15 heteroatoms. The van der Waals surface area contributed by atoms with Crippen LogP contribution in [0.2, 0.25) is 0 Å². The summed E-state index contributed by atoms with van der Waals surface area (Å²) in [4.78, 5) is 43.0. The minimum absolute atomic E-state index is 0.112. The number of nitrogens with zero attached hydrogens (tertiary/aromatic N) is 6. The number of piperidine rings is 1. The Labute approximate surface area is 283 Å². The van der Waals surface area contributed by atoms with Gasteiger partial charge in [-0.1, -0.05) is 6.08 Å². The second-order valence-corrected chi connectivity index (χ2v) is 13.6. The number of hydrogen-bond acceptors (Lipinski definition) is 9. The van der Waals surface area contributed by atoms with E-state index >= 15 is 4.39 Å². The molecular formula is C34H44F4N8O3. The molecular weight excluding hydrogens is 644 g/mol. The number of ether oxygens (including phenoxy) is 1. The molecule has 4 aliphatic rings. The topological polar surface area (TPSA) is 106 Å². The average Bonchev–Trinajstić information content (AvgIpc) is 3.08. The maximum Gasteiger partial charge on any atom is 0.393 e. The summed E-state index contributed by atoms with van der Waals surface area (Å²) in [5, 5.41) is 5.13. The molecule has 2 amide bonds. The summed E-state index contributed by atoms with van der Waals surface area (Å²) in [6.07, 6.45) is 0.465. The Hall–Kier alpha value is -3.82. The second kappa shape index (κ2) is 14.6. The van der Waals surface area contributed by atoms with E-state index in [2.05, 4.69) is 30.4 Å². The first kappa shape index (κ1) is 35.0. The highest BCUT2D eigenvalue weighted by Crippen LogP contribution is 2.39. The van der Waals surface area contributed by atoms with E-state index in [9.17, 15) is 22.8 Å². The van der Waals surface area contributed by atoms with E-state index in [1.54, 1.807) is 6.07 Å². The third-order valence-corrected chi connectivity index (χ3v) is 10.3. The molecule has 0 spiro atoms. The zero-order chi connectivity index (χ0) is 34.9. The van der Waals surface area contributed by atoms with E-state index in [-0.39, 0.29) is 23.3 Å². The number of anilines is 3. The van der Waals surface area contributed by atoms with Crippen LogP contribution in [0.5, 0.6) is 0 Å². The number of likely N-dealkylation sites (N-methyl/N-ethyl adjacent to an activating group) is 1. The molecule has 1 aromatic heterocycles. The molecule has 0 saturated carbocycles. The van der Waals surface area contributed by atoms with Gasteiger partial charge in [-0.3, -0.25) is 19.4 Å². The zero-order valence-electron chi connectivity index (χ0n) is 28.1. The maximum absolute atomic E-state index is 16.0. The highest BCUT2D eigenvalue weighted by Gasteiger charge is 2.50. The summed E-state index contributed by atoms with van der Waals surface area (Å²) in [5.41, 5.74) is 2.66. The van der Waals surface area contributed by atoms with Crippen LogP contribution in [-0.2, 0) is 20.9 Å². The van der Waals surface area contributed by atoms with E-state index < -0.39 is 48.6 Å². The van der Waals surface area contributed by atoms with Crippen molar-refractivity contribution in [2.24, 2.45) is 11.8 Å². The fourth-order valence-electron chi connectivity index (χ4n) is 7.10. The van der Waals surface area contributed by atoms with Crippen molar-refractivity contribution in [3.63, 3.8) is 0 Å². The van der Waals surface area contributed by atoms with Gasteiger partial charge in [-0.05, 0) is 45.0 Å². The number of piperazine rings is 1. The highest BCUT2D eigenvalue weighted by atomic mass is 19.4. The first-order valence-corrected chi connectivity index (χ1v) is 16.9. The number of benzene rings is 1. The maximum atomic E-state index is 16.0. The molecule has 0 bridgehead atoms. The fraction of sp³-hybridized carbons (Fsp3) is 0.588. The van der Waals surface area contributed by atoms with Crippen LogP contribution in [0.15, 0.2) is 30.6 Å². The van der Waals surface area contributed by atoms with Crippen LogP contribution in [0.1, 0.15) is 37.8 Å². The number of carbonyl (C=O) groups is 2. The van der Waals surface area contributed by atoms with Crippen molar-refractivity contribution in [2.45, 2.75) is 51.5 Å². The lowest BCUT2D eigenvalue weighted by atomic mass is 9.84. The van der Waals surface area contributed by atoms with Crippen LogP contribution in [-0.4, -0.2) is 116 Å². The quantitative estimate of drug-likeness (QED) is 0.423. The van der Waals surface area contributed by atoms with Crippen LogP contribution >= 0.6 is 0 Å². The molecule has 4 atom stereocenters. The standard InChI is InChI=1S/C34H44F4N8O3/c1-21-18-46(19-22(2)43(21)3)30-14-28(35)25(12-29(30)42-32(48)26-17-39-31(47)13-27(26)34(36,37)38)24-4-6-45(7-5-24)33-40-15-23(16-41-33)20-44-8-10-49-11-9-44/h4,12,14-16,21-22,26-27H,5-11,13,17-20H2,1-3H3,(H,39,47)(H,42,48)/t21-,22+,26?,27?. The van der Waals surface area contributed by atoms with Gasteiger partial charge in [0.25, 0.3) is 0 Å². The van der Waals surface area contributed by atoms with E-state index in [1.807, 2.05) is 49.2 Å². The van der Waals surface area contributed by atoms with Crippen LogP contribution in [0.3, 0.4) is 0 Å². The van der Waals surface area contributed by atoms with Crippen molar-refractivity contribution in [1.82, 2.24) is 25.1 Å². The molecule has 3 saturated heterocycles. The summed E-state index contributed by atoms with van der Waals surface area (Å²) in [7, 11) is 2.01. The number of alkyl halides is 3. The highest BCUT2D eigenvalue weighted by molar-refractivity contribution is 5.98. The van der Waals surface area contributed by atoms with Gasteiger partial charge in [-0.15, -0.1) is 0 Å². The average molecular weight is 689 g/mol. The van der Waals surface area contributed by atoms with Crippen LogP contribution in [0.4, 0.5) is 34.9 Å². The molecule has 5 heterocycles. The number of aromatic nitrogens is 2. The van der Waals surface area contributed by atoms with Gasteiger partial charge in [0.15, 0.2) is 0 Å². The van der Waals surface area contributed by atoms with Crippen LogP contribution < -0.4 is 20.4 Å². The Balaban J connectivity index is 1.23. The number of hydrogen-bond donors (Lipinski definition) is 2. The second-order valence-electron chi connectivity index (χ2n) is 13.6. The van der Waals surface area contributed by atoms with Gasteiger partial charge in [-0.25, -0.2) is 14.4 Å². The molecule has 266 valence electrons. The summed E-state index contributed by atoms with van der Waals surface area (Å²) >= 11 is 0. The van der Waals surface area contributed by atoms with Crippen LogP contribution in [0.25, 0.3) is 5.57 Å². The molecule has 1 aromatic carbocycles. The molecule has 6 rings (SSSR count). The summed E-state index contributed by atoms with van der Waals surface area (Å²) in [6.45, 7) is 9.61. The van der Waals surface area contributed by atoms with Gasteiger partial charge < -0.3 is 25.2 Å². The Morgan fingerprint density at radius 1 is 1.06 bits per heavy atom. The van der Waals surface area contributed by atoms with Gasteiger partial charge in [0.05, 0.1) is 36.4 Å². The Kier molecular flexibility index (Phi) is 10.4. The van der Waals surface area contributed by atoms with Gasteiger partial charge >= 0.3 is 6.18 Å². The van der Waals surface area contributed by atoms with E-state index in [1.165, 1.54) is 6.07 Å². The van der Waals surface area contributed by atoms with Crippen molar-refractivity contribution in [3.05, 3.63) is 47.5 Å². The van der Waals surface area contributed by atoms with Crippen molar-refractivity contribution < 1.29 is 31.9 Å². The molecule has 2 N–H and O–H groups in total. The van der Waals surface area contributed by atoms with Crippen molar-refractivity contribution in [3.8, 4) is 0 Å². The number of halogens is 4. The predicted octanol–water partition coefficient (Wildman–Crippen LogP) is 3.52.